The molecule has 0 saturated carbocycles. The molecule has 116 valence electrons. The van der Waals surface area contributed by atoms with Crippen LogP contribution in [0.25, 0.3) is 0 Å². The smallest absolute Gasteiger partial charge is 0.326 e. The van der Waals surface area contributed by atoms with E-state index in [9.17, 15) is 9.59 Å². The number of ether oxygens (including phenoxy) is 2. The van der Waals surface area contributed by atoms with Gasteiger partial charge in [0.1, 0.15) is 6.61 Å². The van der Waals surface area contributed by atoms with Crippen molar-refractivity contribution in [3.05, 3.63) is 11.8 Å². The number of methoxy groups -OCH3 is 1. The summed E-state index contributed by atoms with van der Waals surface area (Å²) in [4.78, 5) is 24.4. The van der Waals surface area contributed by atoms with Gasteiger partial charge in [-0.15, -0.1) is 0 Å². The van der Waals surface area contributed by atoms with Crippen molar-refractivity contribution in [3.63, 3.8) is 0 Å². The van der Waals surface area contributed by atoms with E-state index < -0.39 is 17.2 Å². The monoisotopic (exact) mass is 297 g/mol. The molecule has 1 aliphatic heterocycles. The predicted molar refractivity (Wildman–Crippen MR) is 72.4 cm³/mol. The largest absolute Gasteiger partial charge is 0.438 e. The minimum Gasteiger partial charge on any atom is -0.438 e. The molecular weight excluding hydrogens is 278 g/mol. The molecule has 8 nitrogen and oxygen atoms in total. The lowest BCUT2D eigenvalue weighted by Gasteiger charge is -2.43. The third kappa shape index (κ3) is 2.46. The lowest BCUT2D eigenvalue weighted by atomic mass is 9.82. The molecule has 0 bridgehead atoms. The molecule has 0 radical (unpaired) electrons. The van der Waals surface area contributed by atoms with Gasteiger partial charge >= 0.3 is 6.03 Å². The first kappa shape index (κ1) is 15.3. The summed E-state index contributed by atoms with van der Waals surface area (Å²) in [7, 11) is 1.53. The number of nitrogens with zero attached hydrogens (tertiary/aromatic N) is 2. The van der Waals surface area contributed by atoms with Gasteiger partial charge in [0.25, 0.3) is 6.47 Å². The molecule has 1 aromatic rings. The van der Waals surface area contributed by atoms with Crippen molar-refractivity contribution in [3.8, 4) is 0 Å². The molecule has 0 aliphatic carbocycles. The van der Waals surface area contributed by atoms with Crippen LogP contribution in [0, 0.1) is 5.41 Å². The Morgan fingerprint density at radius 1 is 1.57 bits per heavy atom. The van der Waals surface area contributed by atoms with Gasteiger partial charge in [0.05, 0.1) is 6.54 Å². The zero-order chi connectivity index (χ0) is 15.7. The lowest BCUT2D eigenvalue weighted by molar-refractivity contribution is -0.152. The minimum atomic E-state index is -1.17. The Hall–Kier alpha value is -2.09. The number of rotatable bonds is 5. The SMILES string of the molecule is COCc1cc(N2C(=O)NCC2(OC=O)C(C)(C)C)no1. The number of hydrogen-bond acceptors (Lipinski definition) is 6. The van der Waals surface area contributed by atoms with Crippen LogP contribution in [0.2, 0.25) is 0 Å². The van der Waals surface area contributed by atoms with E-state index in [0.29, 0.717) is 12.2 Å². The fourth-order valence-corrected chi connectivity index (χ4v) is 2.38. The quantitative estimate of drug-likeness (QED) is 0.822. The number of aromatic nitrogens is 1. The molecule has 1 fully saturated rings. The number of nitrogens with one attached hydrogen (secondary N) is 1. The maximum atomic E-state index is 12.2. The molecule has 21 heavy (non-hydrogen) atoms. The number of hydrogen-bond donors (Lipinski definition) is 1. The standard InChI is InChI=1S/C13H19N3O5/c1-12(2,3)13(20-8-17)7-14-11(18)16(13)10-5-9(6-19-4)21-15-10/h5,8H,6-7H2,1-4H3,(H,14,18). The normalized spacial score (nSPS) is 22.3. The second-order valence-electron chi connectivity index (χ2n) is 5.83. The van der Waals surface area contributed by atoms with Gasteiger partial charge in [-0.05, 0) is 0 Å². The Morgan fingerprint density at radius 3 is 2.86 bits per heavy atom. The molecule has 2 heterocycles. The van der Waals surface area contributed by atoms with E-state index in [-0.39, 0.29) is 19.0 Å². The number of carbonyl (C=O) groups is 2. The highest BCUT2D eigenvalue weighted by molar-refractivity contribution is 5.95. The Bertz CT molecular complexity index is 536. The molecule has 2 rings (SSSR count). The van der Waals surface area contributed by atoms with Crippen molar-refractivity contribution in [1.29, 1.82) is 0 Å². The van der Waals surface area contributed by atoms with Crippen LogP contribution in [0.1, 0.15) is 26.5 Å². The van der Waals surface area contributed by atoms with Gasteiger partial charge < -0.3 is 19.3 Å². The number of anilines is 1. The number of urea groups is 1. The maximum Gasteiger partial charge on any atom is 0.326 e. The predicted octanol–water partition coefficient (Wildman–Crippen LogP) is 1.27. The van der Waals surface area contributed by atoms with Crippen LogP contribution in [-0.2, 0) is 20.9 Å². The first-order valence-corrected chi connectivity index (χ1v) is 6.50. The van der Waals surface area contributed by atoms with E-state index >= 15 is 0 Å². The molecular formula is C13H19N3O5. The molecule has 0 spiro atoms. The van der Waals surface area contributed by atoms with E-state index in [4.69, 9.17) is 14.0 Å². The Morgan fingerprint density at radius 2 is 2.29 bits per heavy atom. The topological polar surface area (TPSA) is 93.9 Å². The van der Waals surface area contributed by atoms with Crippen molar-refractivity contribution in [1.82, 2.24) is 10.5 Å². The van der Waals surface area contributed by atoms with Crippen molar-refractivity contribution < 1.29 is 23.6 Å². The summed E-state index contributed by atoms with van der Waals surface area (Å²) >= 11 is 0. The van der Waals surface area contributed by atoms with Crippen LogP contribution < -0.4 is 10.2 Å². The highest BCUT2D eigenvalue weighted by Crippen LogP contribution is 2.41. The average Bonchev–Trinajstić information content (AvgIpc) is 2.95. The summed E-state index contributed by atoms with van der Waals surface area (Å²) in [5.41, 5.74) is -1.71. The van der Waals surface area contributed by atoms with Gasteiger partial charge in [0.15, 0.2) is 11.6 Å². The molecule has 8 heteroatoms. The van der Waals surface area contributed by atoms with Crippen molar-refractivity contribution in [2.75, 3.05) is 18.6 Å². The first-order valence-electron chi connectivity index (χ1n) is 6.50. The van der Waals surface area contributed by atoms with Crippen LogP contribution in [0.5, 0.6) is 0 Å². The van der Waals surface area contributed by atoms with Gasteiger partial charge in [-0.2, -0.15) is 0 Å². The van der Waals surface area contributed by atoms with Crippen LogP contribution in [0.4, 0.5) is 10.6 Å². The van der Waals surface area contributed by atoms with Crippen LogP contribution in [-0.4, -0.2) is 37.0 Å². The zero-order valence-corrected chi connectivity index (χ0v) is 12.5. The Labute approximate surface area is 122 Å². The van der Waals surface area contributed by atoms with E-state index in [2.05, 4.69) is 10.5 Å². The van der Waals surface area contributed by atoms with E-state index in [1.807, 2.05) is 20.8 Å². The van der Waals surface area contributed by atoms with Crippen LogP contribution in [0.15, 0.2) is 10.6 Å². The molecule has 2 amide bonds. The van der Waals surface area contributed by atoms with Crippen LogP contribution in [0.3, 0.4) is 0 Å². The second kappa shape index (κ2) is 5.36. The molecule has 1 aromatic heterocycles. The summed E-state index contributed by atoms with van der Waals surface area (Å²) < 4.78 is 15.4. The molecule has 1 aliphatic rings. The first-order chi connectivity index (χ1) is 9.85. The van der Waals surface area contributed by atoms with Gasteiger partial charge in [0.2, 0.25) is 5.72 Å². The van der Waals surface area contributed by atoms with Crippen molar-refractivity contribution in [2.45, 2.75) is 33.1 Å². The van der Waals surface area contributed by atoms with Crippen molar-refractivity contribution in [2.24, 2.45) is 5.41 Å². The average molecular weight is 297 g/mol. The van der Waals surface area contributed by atoms with Gasteiger partial charge in [-0.3, -0.25) is 4.79 Å². The highest BCUT2D eigenvalue weighted by Gasteiger charge is 2.57. The number of amides is 2. The molecule has 1 unspecified atom stereocenters. The molecule has 1 atom stereocenters. The second-order valence-corrected chi connectivity index (χ2v) is 5.83. The fourth-order valence-electron chi connectivity index (χ4n) is 2.38. The Kier molecular flexibility index (Phi) is 3.91. The lowest BCUT2D eigenvalue weighted by Crippen LogP contribution is -2.58. The van der Waals surface area contributed by atoms with Crippen molar-refractivity contribution >= 4 is 18.3 Å². The maximum absolute atomic E-state index is 12.2. The van der Waals surface area contributed by atoms with Gasteiger partial charge in [-0.25, -0.2) is 9.69 Å². The molecule has 1 saturated heterocycles. The summed E-state index contributed by atoms with van der Waals surface area (Å²) in [6.45, 7) is 6.37. The summed E-state index contributed by atoms with van der Waals surface area (Å²) in [6, 6.07) is 1.19. The van der Waals surface area contributed by atoms with Crippen LogP contribution >= 0.6 is 0 Å². The summed E-state index contributed by atoms with van der Waals surface area (Å²) in [5.74, 6) is 0.745. The minimum absolute atomic E-state index is 0.167. The third-order valence-electron chi connectivity index (χ3n) is 3.52. The summed E-state index contributed by atoms with van der Waals surface area (Å²) in [5, 5.41) is 6.55. The highest BCUT2D eigenvalue weighted by atomic mass is 16.6. The molecule has 1 N–H and O–H groups in total. The van der Waals surface area contributed by atoms with Gasteiger partial charge in [-0.1, -0.05) is 25.9 Å². The molecule has 0 aromatic carbocycles. The van der Waals surface area contributed by atoms with E-state index in [0.717, 1.165) is 0 Å². The fraction of sp³-hybridized carbons (Fsp3) is 0.615. The van der Waals surface area contributed by atoms with Gasteiger partial charge in [0, 0.05) is 18.6 Å². The van der Waals surface area contributed by atoms with E-state index in [1.165, 1.54) is 12.0 Å². The Balaban J connectivity index is 2.45. The summed E-state index contributed by atoms with van der Waals surface area (Å²) in [6.07, 6.45) is 0. The zero-order valence-electron chi connectivity index (χ0n) is 12.5. The number of carbonyl (C=O) groups excluding carboxylic acids is 2. The van der Waals surface area contributed by atoms with E-state index in [1.54, 1.807) is 6.07 Å². The third-order valence-corrected chi connectivity index (χ3v) is 3.52.